The SMILES string of the molecule is CN1CCN([C@@H]2CC(=O)N(c3ccc(C(=O)O)cc3)C2=O)CC1. The molecule has 2 amide bonds. The number of amides is 2. The van der Waals surface area contributed by atoms with Crippen LogP contribution in [0.4, 0.5) is 5.69 Å². The molecule has 0 aromatic heterocycles. The Hall–Kier alpha value is -2.25. The van der Waals surface area contributed by atoms with Crippen molar-refractivity contribution in [3.05, 3.63) is 29.8 Å². The van der Waals surface area contributed by atoms with Crippen LogP contribution in [0.1, 0.15) is 16.8 Å². The van der Waals surface area contributed by atoms with E-state index < -0.39 is 12.0 Å². The Labute approximate surface area is 134 Å². The maximum Gasteiger partial charge on any atom is 0.335 e. The summed E-state index contributed by atoms with van der Waals surface area (Å²) in [5.74, 6) is -1.49. The lowest BCUT2D eigenvalue weighted by Gasteiger charge is -2.35. The summed E-state index contributed by atoms with van der Waals surface area (Å²) in [5, 5.41) is 8.92. The van der Waals surface area contributed by atoms with Crippen molar-refractivity contribution in [2.45, 2.75) is 12.5 Å². The van der Waals surface area contributed by atoms with Crippen LogP contribution in [0.25, 0.3) is 0 Å². The number of hydrogen-bond donors (Lipinski definition) is 1. The van der Waals surface area contributed by atoms with Gasteiger partial charge in [-0.1, -0.05) is 0 Å². The van der Waals surface area contributed by atoms with Gasteiger partial charge in [0.2, 0.25) is 5.91 Å². The van der Waals surface area contributed by atoms with E-state index in [4.69, 9.17) is 5.11 Å². The summed E-state index contributed by atoms with van der Waals surface area (Å²) in [6.07, 6.45) is 0.184. The number of aromatic carboxylic acids is 1. The Balaban J connectivity index is 1.77. The molecule has 0 saturated carbocycles. The molecule has 0 radical (unpaired) electrons. The van der Waals surface area contributed by atoms with Crippen LogP contribution in [0.5, 0.6) is 0 Å². The fraction of sp³-hybridized carbons (Fsp3) is 0.438. The number of carbonyl (C=O) groups is 3. The van der Waals surface area contributed by atoms with Crippen LogP contribution in [-0.2, 0) is 9.59 Å². The van der Waals surface area contributed by atoms with Gasteiger partial charge in [0.15, 0.2) is 0 Å². The zero-order chi connectivity index (χ0) is 16.6. The van der Waals surface area contributed by atoms with Gasteiger partial charge in [0.25, 0.3) is 5.91 Å². The molecule has 2 saturated heterocycles. The van der Waals surface area contributed by atoms with Gasteiger partial charge >= 0.3 is 5.97 Å². The highest BCUT2D eigenvalue weighted by molar-refractivity contribution is 6.22. The van der Waals surface area contributed by atoms with Crippen LogP contribution in [0.15, 0.2) is 24.3 Å². The topological polar surface area (TPSA) is 81.2 Å². The Morgan fingerprint density at radius 2 is 1.70 bits per heavy atom. The Bertz CT molecular complexity index is 635. The minimum Gasteiger partial charge on any atom is -0.478 e. The number of benzene rings is 1. The molecule has 2 heterocycles. The van der Waals surface area contributed by atoms with Crippen molar-refractivity contribution in [1.82, 2.24) is 9.80 Å². The number of anilines is 1. The molecule has 7 heteroatoms. The molecule has 0 aliphatic carbocycles. The number of nitrogens with zero attached hydrogens (tertiary/aromatic N) is 3. The first-order chi connectivity index (χ1) is 11.0. The van der Waals surface area contributed by atoms with Crippen molar-refractivity contribution in [3.63, 3.8) is 0 Å². The second kappa shape index (κ2) is 6.10. The summed E-state index contributed by atoms with van der Waals surface area (Å²) in [6, 6.07) is 5.41. The van der Waals surface area contributed by atoms with E-state index in [0.29, 0.717) is 5.69 Å². The highest BCUT2D eigenvalue weighted by Gasteiger charge is 2.43. The second-order valence-corrected chi connectivity index (χ2v) is 5.98. The molecule has 1 aromatic rings. The summed E-state index contributed by atoms with van der Waals surface area (Å²) in [6.45, 7) is 3.30. The third-order valence-corrected chi connectivity index (χ3v) is 4.47. The minimum absolute atomic E-state index is 0.128. The molecule has 1 aromatic carbocycles. The zero-order valence-corrected chi connectivity index (χ0v) is 12.9. The first kappa shape index (κ1) is 15.6. The maximum absolute atomic E-state index is 12.6. The van der Waals surface area contributed by atoms with Crippen LogP contribution in [0.2, 0.25) is 0 Å². The van der Waals surface area contributed by atoms with E-state index in [1.165, 1.54) is 29.2 Å². The average Bonchev–Trinajstić information content (AvgIpc) is 2.83. The predicted octanol–water partition coefficient (Wildman–Crippen LogP) is 0.264. The van der Waals surface area contributed by atoms with Gasteiger partial charge in [-0.25, -0.2) is 9.69 Å². The van der Waals surface area contributed by atoms with Crippen molar-refractivity contribution in [2.75, 3.05) is 38.1 Å². The second-order valence-electron chi connectivity index (χ2n) is 5.98. The van der Waals surface area contributed by atoms with Crippen molar-refractivity contribution in [1.29, 1.82) is 0 Å². The summed E-state index contributed by atoms with van der Waals surface area (Å²) in [7, 11) is 2.04. The van der Waals surface area contributed by atoms with Gasteiger partial charge in [0.05, 0.1) is 23.7 Å². The van der Waals surface area contributed by atoms with Crippen LogP contribution < -0.4 is 4.90 Å². The number of carboxylic acid groups (broad SMARTS) is 1. The fourth-order valence-corrected chi connectivity index (χ4v) is 3.06. The van der Waals surface area contributed by atoms with E-state index in [9.17, 15) is 14.4 Å². The molecule has 2 fully saturated rings. The largest absolute Gasteiger partial charge is 0.478 e. The third-order valence-electron chi connectivity index (χ3n) is 4.47. The van der Waals surface area contributed by atoms with Crippen molar-refractivity contribution >= 4 is 23.5 Å². The number of rotatable bonds is 3. The van der Waals surface area contributed by atoms with Crippen molar-refractivity contribution in [3.8, 4) is 0 Å². The third kappa shape index (κ3) is 2.97. The lowest BCUT2D eigenvalue weighted by atomic mass is 10.2. The quantitative estimate of drug-likeness (QED) is 0.806. The smallest absolute Gasteiger partial charge is 0.335 e. The van der Waals surface area contributed by atoms with Gasteiger partial charge in [0.1, 0.15) is 0 Å². The Morgan fingerprint density at radius 1 is 1.09 bits per heavy atom. The molecular formula is C16H19N3O4. The number of likely N-dealkylation sites (N-methyl/N-ethyl adjacent to an activating group) is 1. The van der Waals surface area contributed by atoms with Gasteiger partial charge in [-0.05, 0) is 31.3 Å². The normalized spacial score (nSPS) is 23.5. The minimum atomic E-state index is -1.04. The lowest BCUT2D eigenvalue weighted by Crippen LogP contribution is -2.51. The van der Waals surface area contributed by atoms with Gasteiger partial charge in [-0.15, -0.1) is 0 Å². The molecule has 1 N–H and O–H groups in total. The van der Waals surface area contributed by atoms with E-state index in [-0.39, 0.29) is 23.8 Å². The predicted molar refractivity (Wildman–Crippen MR) is 83.4 cm³/mol. The fourth-order valence-electron chi connectivity index (χ4n) is 3.06. The van der Waals surface area contributed by atoms with Crippen molar-refractivity contribution < 1.29 is 19.5 Å². The highest BCUT2D eigenvalue weighted by Crippen LogP contribution is 2.26. The van der Waals surface area contributed by atoms with E-state index in [1.807, 2.05) is 7.05 Å². The maximum atomic E-state index is 12.6. The average molecular weight is 317 g/mol. The molecule has 7 nitrogen and oxygen atoms in total. The van der Waals surface area contributed by atoms with E-state index >= 15 is 0 Å². The van der Waals surface area contributed by atoms with Gasteiger partial charge in [-0.2, -0.15) is 0 Å². The molecule has 0 unspecified atom stereocenters. The van der Waals surface area contributed by atoms with Gasteiger partial charge in [0, 0.05) is 26.2 Å². The number of imide groups is 1. The van der Waals surface area contributed by atoms with Crippen LogP contribution >= 0.6 is 0 Å². The molecule has 23 heavy (non-hydrogen) atoms. The van der Waals surface area contributed by atoms with E-state index in [2.05, 4.69) is 9.80 Å². The molecule has 0 bridgehead atoms. The summed E-state index contributed by atoms with van der Waals surface area (Å²) in [5.41, 5.74) is 0.560. The Morgan fingerprint density at radius 3 is 2.26 bits per heavy atom. The summed E-state index contributed by atoms with van der Waals surface area (Å²) < 4.78 is 0. The first-order valence-electron chi connectivity index (χ1n) is 7.60. The van der Waals surface area contributed by atoms with E-state index in [0.717, 1.165) is 26.2 Å². The number of carboxylic acids is 1. The summed E-state index contributed by atoms with van der Waals surface area (Å²) in [4.78, 5) is 41.2. The Kier molecular flexibility index (Phi) is 4.14. The van der Waals surface area contributed by atoms with Crippen LogP contribution in [0, 0.1) is 0 Å². The van der Waals surface area contributed by atoms with Crippen molar-refractivity contribution in [2.24, 2.45) is 0 Å². The highest BCUT2D eigenvalue weighted by atomic mass is 16.4. The number of hydrogen-bond acceptors (Lipinski definition) is 5. The lowest BCUT2D eigenvalue weighted by molar-refractivity contribution is -0.123. The molecule has 122 valence electrons. The molecule has 1 atom stereocenters. The van der Waals surface area contributed by atoms with Gasteiger partial charge < -0.3 is 10.0 Å². The first-order valence-corrected chi connectivity index (χ1v) is 7.60. The van der Waals surface area contributed by atoms with Crippen LogP contribution in [-0.4, -0.2) is 72.0 Å². The standard InChI is InChI=1S/C16H19N3O4/c1-17-6-8-18(9-7-17)13-10-14(20)19(15(13)21)12-4-2-11(3-5-12)16(22)23/h2-5,13H,6-10H2,1H3,(H,22,23)/t13-/m1/s1. The van der Waals surface area contributed by atoms with Gasteiger partial charge in [-0.3, -0.25) is 14.5 Å². The monoisotopic (exact) mass is 317 g/mol. The zero-order valence-electron chi connectivity index (χ0n) is 12.9. The van der Waals surface area contributed by atoms with Crippen LogP contribution in [0.3, 0.4) is 0 Å². The molecule has 2 aliphatic rings. The molecule has 0 spiro atoms. The van der Waals surface area contributed by atoms with E-state index in [1.54, 1.807) is 0 Å². The molecule has 3 rings (SSSR count). The molecular weight excluding hydrogens is 298 g/mol. The summed E-state index contributed by atoms with van der Waals surface area (Å²) >= 11 is 0. The number of carbonyl (C=O) groups excluding carboxylic acids is 2. The molecule has 2 aliphatic heterocycles. The number of piperazine rings is 1.